The molecular formula is C25H27N5O2S2. The van der Waals surface area contributed by atoms with Gasteiger partial charge in [0.2, 0.25) is 5.95 Å². The lowest BCUT2D eigenvalue weighted by Gasteiger charge is -2.10. The Morgan fingerprint density at radius 1 is 1.09 bits per heavy atom. The predicted molar refractivity (Wildman–Crippen MR) is 134 cm³/mol. The molecule has 0 aliphatic heterocycles. The zero-order valence-corrected chi connectivity index (χ0v) is 20.8. The molecule has 0 amide bonds. The molecule has 3 aromatic heterocycles. The maximum Gasteiger partial charge on any atom is 0.274 e. The number of thiophene rings is 1. The van der Waals surface area contributed by atoms with Gasteiger partial charge < -0.3 is 4.57 Å². The minimum absolute atomic E-state index is 0.0643. The van der Waals surface area contributed by atoms with Crippen molar-refractivity contribution < 1.29 is 8.42 Å². The molecule has 176 valence electrons. The second kappa shape index (κ2) is 9.31. The fraction of sp³-hybridized carbons (Fsp3) is 0.320. The molecule has 0 bridgehead atoms. The van der Waals surface area contributed by atoms with E-state index >= 15 is 0 Å². The lowest BCUT2D eigenvalue weighted by atomic mass is 10.0. The molecule has 1 saturated carbocycles. The zero-order valence-electron chi connectivity index (χ0n) is 19.2. The van der Waals surface area contributed by atoms with Crippen LogP contribution in [0.1, 0.15) is 48.9 Å². The van der Waals surface area contributed by atoms with Crippen LogP contribution in [-0.2, 0) is 23.0 Å². The SMILES string of the molecule is CC(C)Cc1cc(-c2ccc(Cn3ccnc3C3CC3)cc2)c(S(=O)(=O)Nc2ncccn2)s1. The Labute approximate surface area is 204 Å². The Kier molecular flexibility index (Phi) is 6.22. The lowest BCUT2D eigenvalue weighted by molar-refractivity contribution is 0.603. The van der Waals surface area contributed by atoms with Crippen molar-refractivity contribution in [3.63, 3.8) is 0 Å². The van der Waals surface area contributed by atoms with Gasteiger partial charge >= 0.3 is 0 Å². The van der Waals surface area contributed by atoms with E-state index in [1.807, 2.05) is 30.6 Å². The van der Waals surface area contributed by atoms with Gasteiger partial charge in [-0.3, -0.25) is 0 Å². The lowest BCUT2D eigenvalue weighted by Crippen LogP contribution is -2.14. The maximum atomic E-state index is 13.3. The van der Waals surface area contributed by atoms with Gasteiger partial charge in [0.15, 0.2) is 0 Å². The molecule has 1 aliphatic carbocycles. The van der Waals surface area contributed by atoms with Gasteiger partial charge in [-0.1, -0.05) is 38.1 Å². The smallest absolute Gasteiger partial charge is 0.274 e. The molecule has 4 aromatic rings. The minimum Gasteiger partial charge on any atom is -0.330 e. The number of sulfonamides is 1. The standard InChI is InChI=1S/C25H27N5O2S2/c1-17(2)14-21-15-22(24(33-21)34(31,32)29-25-27-10-3-11-28-25)19-6-4-18(5-7-19)16-30-13-12-26-23(30)20-8-9-20/h3-7,10-13,15,17,20H,8-9,14,16H2,1-2H3,(H,27,28,29). The van der Waals surface area contributed by atoms with E-state index in [-0.39, 0.29) is 10.2 Å². The van der Waals surface area contributed by atoms with Crippen molar-refractivity contribution in [1.82, 2.24) is 19.5 Å². The first kappa shape index (κ1) is 22.7. The van der Waals surface area contributed by atoms with Crippen molar-refractivity contribution in [3.05, 3.63) is 77.5 Å². The Balaban J connectivity index is 1.45. The largest absolute Gasteiger partial charge is 0.330 e. The summed E-state index contributed by atoms with van der Waals surface area (Å²) in [6.45, 7) is 5.02. The van der Waals surface area contributed by atoms with Gasteiger partial charge in [0, 0.05) is 47.7 Å². The van der Waals surface area contributed by atoms with Crippen LogP contribution in [0.3, 0.4) is 0 Å². The van der Waals surface area contributed by atoms with Crippen molar-refractivity contribution in [1.29, 1.82) is 0 Å². The highest BCUT2D eigenvalue weighted by Crippen LogP contribution is 2.39. The van der Waals surface area contributed by atoms with Crippen LogP contribution in [0.5, 0.6) is 0 Å². The van der Waals surface area contributed by atoms with E-state index in [0.29, 0.717) is 17.4 Å². The summed E-state index contributed by atoms with van der Waals surface area (Å²) in [7, 11) is -3.84. The van der Waals surface area contributed by atoms with Crippen molar-refractivity contribution in [2.45, 2.75) is 49.8 Å². The molecule has 0 atom stereocenters. The molecule has 5 rings (SSSR count). The van der Waals surface area contributed by atoms with Crippen LogP contribution < -0.4 is 4.72 Å². The molecule has 1 aromatic carbocycles. The third-order valence-corrected chi connectivity index (χ3v) is 8.72. The molecule has 1 aliphatic rings. The maximum absolute atomic E-state index is 13.3. The highest BCUT2D eigenvalue weighted by atomic mass is 32.2. The first-order valence-corrected chi connectivity index (χ1v) is 13.7. The van der Waals surface area contributed by atoms with Gasteiger partial charge in [0.25, 0.3) is 10.0 Å². The molecule has 0 saturated heterocycles. The third-order valence-electron chi connectivity index (χ3n) is 5.70. The molecule has 1 N–H and O–H groups in total. The average molecular weight is 494 g/mol. The number of nitrogens with zero attached hydrogens (tertiary/aromatic N) is 4. The second-order valence-electron chi connectivity index (χ2n) is 9.07. The fourth-order valence-corrected chi connectivity index (χ4v) is 6.90. The normalized spacial score (nSPS) is 14.0. The number of anilines is 1. The Morgan fingerprint density at radius 2 is 1.82 bits per heavy atom. The van der Waals surface area contributed by atoms with Gasteiger partial charge in [-0.15, -0.1) is 11.3 Å². The van der Waals surface area contributed by atoms with E-state index in [1.165, 1.54) is 36.6 Å². The number of aromatic nitrogens is 4. The van der Waals surface area contributed by atoms with Gasteiger partial charge in [0.05, 0.1) is 0 Å². The van der Waals surface area contributed by atoms with Gasteiger partial charge in [-0.05, 0) is 48.4 Å². The number of rotatable bonds is 9. The Hall–Kier alpha value is -3.04. The molecule has 0 radical (unpaired) electrons. The predicted octanol–water partition coefficient (Wildman–Crippen LogP) is 5.33. The van der Waals surface area contributed by atoms with Crippen LogP contribution in [0.25, 0.3) is 11.1 Å². The topological polar surface area (TPSA) is 89.8 Å². The second-order valence-corrected chi connectivity index (χ2v) is 12.1. The van der Waals surface area contributed by atoms with Crippen LogP contribution >= 0.6 is 11.3 Å². The van der Waals surface area contributed by atoms with Gasteiger partial charge in [-0.2, -0.15) is 0 Å². The number of nitrogens with one attached hydrogen (secondary N) is 1. The van der Waals surface area contributed by atoms with Crippen LogP contribution in [0.2, 0.25) is 0 Å². The molecular weight excluding hydrogens is 466 g/mol. The summed E-state index contributed by atoms with van der Waals surface area (Å²) >= 11 is 1.31. The van der Waals surface area contributed by atoms with Crippen LogP contribution in [0, 0.1) is 5.92 Å². The first-order chi connectivity index (χ1) is 16.4. The summed E-state index contributed by atoms with van der Waals surface area (Å²) in [6, 6.07) is 11.8. The Bertz CT molecular complexity index is 1370. The summed E-state index contributed by atoms with van der Waals surface area (Å²) in [5.74, 6) is 2.23. The van der Waals surface area contributed by atoms with Crippen molar-refractivity contribution in [2.75, 3.05) is 4.72 Å². The monoisotopic (exact) mass is 493 g/mol. The van der Waals surface area contributed by atoms with E-state index in [4.69, 9.17) is 0 Å². The molecule has 1 fully saturated rings. The van der Waals surface area contributed by atoms with Crippen molar-refractivity contribution in [2.24, 2.45) is 5.92 Å². The van der Waals surface area contributed by atoms with E-state index in [0.717, 1.165) is 34.8 Å². The minimum atomic E-state index is -3.84. The summed E-state index contributed by atoms with van der Waals surface area (Å²) in [4.78, 5) is 13.6. The molecule has 3 heterocycles. The Morgan fingerprint density at radius 3 is 2.50 bits per heavy atom. The van der Waals surface area contributed by atoms with E-state index in [9.17, 15) is 8.42 Å². The summed E-state index contributed by atoms with van der Waals surface area (Å²) < 4.78 is 31.6. The first-order valence-electron chi connectivity index (χ1n) is 11.4. The van der Waals surface area contributed by atoms with Gasteiger partial charge in [0.1, 0.15) is 10.0 Å². The molecule has 34 heavy (non-hydrogen) atoms. The fourth-order valence-electron chi connectivity index (χ4n) is 3.99. The molecule has 0 spiro atoms. The molecule has 7 nitrogen and oxygen atoms in total. The number of imidazole rings is 1. The van der Waals surface area contributed by atoms with Crippen molar-refractivity contribution >= 4 is 27.3 Å². The highest BCUT2D eigenvalue weighted by molar-refractivity contribution is 7.94. The van der Waals surface area contributed by atoms with E-state index in [2.05, 4.69) is 50.2 Å². The summed E-state index contributed by atoms with van der Waals surface area (Å²) in [5, 5.41) is 0. The summed E-state index contributed by atoms with van der Waals surface area (Å²) in [6.07, 6.45) is 10.2. The van der Waals surface area contributed by atoms with Crippen LogP contribution in [-0.4, -0.2) is 27.9 Å². The van der Waals surface area contributed by atoms with Crippen LogP contribution in [0.15, 0.2) is 65.4 Å². The molecule has 0 unspecified atom stereocenters. The average Bonchev–Trinajstić information content (AvgIpc) is 3.39. The number of hydrogen-bond acceptors (Lipinski definition) is 6. The van der Waals surface area contributed by atoms with Gasteiger partial charge in [-0.25, -0.2) is 28.1 Å². The molecule has 9 heteroatoms. The van der Waals surface area contributed by atoms with Crippen LogP contribution in [0.4, 0.5) is 5.95 Å². The highest BCUT2D eigenvalue weighted by Gasteiger charge is 2.28. The number of hydrogen-bond donors (Lipinski definition) is 1. The van der Waals surface area contributed by atoms with E-state index in [1.54, 1.807) is 6.07 Å². The quantitative estimate of drug-likeness (QED) is 0.341. The summed E-state index contributed by atoms with van der Waals surface area (Å²) in [5.41, 5.74) is 2.73. The van der Waals surface area contributed by atoms with E-state index < -0.39 is 10.0 Å². The number of benzene rings is 1. The van der Waals surface area contributed by atoms with Crippen molar-refractivity contribution in [3.8, 4) is 11.1 Å². The third kappa shape index (κ3) is 5.05. The zero-order chi connectivity index (χ0) is 23.7.